The molecule has 1 aliphatic rings. The largest absolute Gasteiger partial charge is 0.413 e. The maximum absolute atomic E-state index is 5.92. The first-order valence-electron chi connectivity index (χ1n) is 11.6. The fourth-order valence-electron chi connectivity index (χ4n) is 4.05. The van der Waals surface area contributed by atoms with E-state index in [0.29, 0.717) is 24.2 Å². The van der Waals surface area contributed by atoms with E-state index in [-0.39, 0.29) is 5.41 Å². The van der Waals surface area contributed by atoms with Crippen molar-refractivity contribution in [2.45, 2.75) is 39.7 Å². The average molecular weight is 459 g/mol. The predicted octanol–water partition coefficient (Wildman–Crippen LogP) is 4.49. The van der Waals surface area contributed by atoms with Crippen molar-refractivity contribution in [2.24, 2.45) is 0 Å². The van der Waals surface area contributed by atoms with Crippen LogP contribution < -0.4 is 4.90 Å². The summed E-state index contributed by atoms with van der Waals surface area (Å²) >= 11 is 0. The molecule has 0 radical (unpaired) electrons. The molecule has 0 amide bonds. The van der Waals surface area contributed by atoms with Gasteiger partial charge in [0.25, 0.3) is 5.89 Å². The van der Waals surface area contributed by atoms with E-state index in [1.807, 2.05) is 23.7 Å². The van der Waals surface area contributed by atoms with Gasteiger partial charge in [-0.1, -0.05) is 45.0 Å². The molecule has 1 aliphatic heterocycles. The number of morpholine rings is 1. The number of aromatic nitrogens is 5. The smallest absolute Gasteiger partial charge is 0.287 e. The second-order valence-electron chi connectivity index (χ2n) is 9.65. The van der Waals surface area contributed by atoms with E-state index in [1.165, 1.54) is 11.3 Å². The number of aryl methyl sites for hydroxylation is 1. The molecule has 0 N–H and O–H groups in total. The summed E-state index contributed by atoms with van der Waals surface area (Å²) in [6, 6.07) is 16.8. The highest BCUT2D eigenvalue weighted by molar-refractivity contribution is 5.55. The van der Waals surface area contributed by atoms with Crippen molar-refractivity contribution in [3.05, 3.63) is 65.5 Å². The lowest BCUT2D eigenvalue weighted by Gasteiger charge is -2.29. The first-order chi connectivity index (χ1) is 16.4. The Kier molecular flexibility index (Phi) is 5.91. The molecule has 8 nitrogen and oxygen atoms in total. The molecule has 8 heteroatoms. The van der Waals surface area contributed by atoms with Gasteiger partial charge < -0.3 is 14.1 Å². The van der Waals surface area contributed by atoms with Gasteiger partial charge in [-0.25, -0.2) is 9.67 Å². The predicted molar refractivity (Wildman–Crippen MR) is 131 cm³/mol. The summed E-state index contributed by atoms with van der Waals surface area (Å²) in [5.74, 6) is 2.01. The summed E-state index contributed by atoms with van der Waals surface area (Å²) in [6.07, 6.45) is 0. The second kappa shape index (κ2) is 9.02. The molecule has 2 aromatic carbocycles. The fraction of sp³-hybridized carbons (Fsp3) is 0.385. The topological polar surface area (TPSA) is 82.1 Å². The van der Waals surface area contributed by atoms with Gasteiger partial charge in [-0.05, 0) is 47.7 Å². The highest BCUT2D eigenvalue weighted by atomic mass is 16.5. The zero-order valence-corrected chi connectivity index (χ0v) is 20.2. The van der Waals surface area contributed by atoms with Crippen molar-refractivity contribution in [3.8, 4) is 23.2 Å². The number of rotatable bonds is 5. The quantitative estimate of drug-likeness (QED) is 0.436. The molecule has 1 fully saturated rings. The second-order valence-corrected chi connectivity index (χ2v) is 9.65. The van der Waals surface area contributed by atoms with Crippen LogP contribution in [0.5, 0.6) is 0 Å². The lowest BCUT2D eigenvalue weighted by Crippen LogP contribution is -2.36. The van der Waals surface area contributed by atoms with E-state index in [1.54, 1.807) is 0 Å². The number of anilines is 1. The summed E-state index contributed by atoms with van der Waals surface area (Å²) in [4.78, 5) is 6.92. The van der Waals surface area contributed by atoms with Crippen molar-refractivity contribution < 1.29 is 9.15 Å². The Bertz CT molecular complexity index is 1260. The molecule has 5 rings (SSSR count). The van der Waals surface area contributed by atoms with Gasteiger partial charge >= 0.3 is 0 Å². The minimum atomic E-state index is 0.0918. The molecule has 2 aromatic heterocycles. The number of hydrogen-bond donors (Lipinski definition) is 0. The van der Waals surface area contributed by atoms with Crippen molar-refractivity contribution >= 4 is 5.69 Å². The molecule has 0 unspecified atom stereocenters. The van der Waals surface area contributed by atoms with Crippen LogP contribution in [0.4, 0.5) is 5.69 Å². The molecule has 176 valence electrons. The molecule has 1 saturated heterocycles. The minimum absolute atomic E-state index is 0.0918. The van der Waals surface area contributed by atoms with Crippen LogP contribution in [0.3, 0.4) is 0 Å². The Morgan fingerprint density at radius 3 is 2.41 bits per heavy atom. The molecule has 0 spiro atoms. The Hall–Kier alpha value is -3.52. The number of hydrogen-bond acceptors (Lipinski definition) is 7. The third-order valence-electron chi connectivity index (χ3n) is 6.09. The minimum Gasteiger partial charge on any atom is -0.413 e. The molecular formula is C26H30N6O2. The molecular weight excluding hydrogens is 428 g/mol. The summed E-state index contributed by atoms with van der Waals surface area (Å²) in [5, 5.41) is 13.1. The Balaban J connectivity index is 1.33. The third kappa shape index (κ3) is 4.72. The first-order valence-corrected chi connectivity index (χ1v) is 11.6. The SMILES string of the molecule is Cc1nc(-c2nnc(-c3ccc(C(C)(C)C)cc3)o2)nn1Cc1cccc(N2CCOCC2)c1. The van der Waals surface area contributed by atoms with E-state index in [2.05, 4.69) is 82.3 Å². The normalized spacial score (nSPS) is 14.5. The van der Waals surface area contributed by atoms with Gasteiger partial charge in [0.2, 0.25) is 11.7 Å². The lowest BCUT2D eigenvalue weighted by molar-refractivity contribution is 0.122. The molecule has 4 aromatic rings. The van der Waals surface area contributed by atoms with Crippen molar-refractivity contribution in [2.75, 3.05) is 31.2 Å². The van der Waals surface area contributed by atoms with Crippen LogP contribution in [-0.4, -0.2) is 51.3 Å². The van der Waals surface area contributed by atoms with E-state index < -0.39 is 0 Å². The van der Waals surface area contributed by atoms with Gasteiger partial charge in [0.1, 0.15) is 5.82 Å². The monoisotopic (exact) mass is 458 g/mol. The van der Waals surface area contributed by atoms with Gasteiger partial charge in [0.05, 0.1) is 19.8 Å². The van der Waals surface area contributed by atoms with Gasteiger partial charge in [0.15, 0.2) is 0 Å². The fourth-order valence-corrected chi connectivity index (χ4v) is 4.05. The van der Waals surface area contributed by atoms with E-state index in [4.69, 9.17) is 9.15 Å². The van der Waals surface area contributed by atoms with Crippen LogP contribution in [0.15, 0.2) is 52.9 Å². The Morgan fingerprint density at radius 2 is 1.68 bits per heavy atom. The van der Waals surface area contributed by atoms with E-state index in [0.717, 1.165) is 43.3 Å². The highest BCUT2D eigenvalue weighted by Crippen LogP contribution is 2.27. The molecule has 3 heterocycles. The lowest BCUT2D eigenvalue weighted by atomic mass is 9.87. The first kappa shape index (κ1) is 22.3. The zero-order chi connectivity index (χ0) is 23.7. The molecule has 0 saturated carbocycles. The van der Waals surface area contributed by atoms with Crippen molar-refractivity contribution in [1.82, 2.24) is 25.0 Å². The molecule has 0 aliphatic carbocycles. The van der Waals surface area contributed by atoms with Gasteiger partial charge in [-0.3, -0.25) is 0 Å². The number of ether oxygens (including phenoxy) is 1. The zero-order valence-electron chi connectivity index (χ0n) is 20.2. The maximum atomic E-state index is 5.92. The van der Waals surface area contributed by atoms with Gasteiger partial charge in [-0.15, -0.1) is 15.3 Å². The number of nitrogens with zero attached hydrogens (tertiary/aromatic N) is 6. The van der Waals surface area contributed by atoms with Crippen LogP contribution in [0.2, 0.25) is 0 Å². The van der Waals surface area contributed by atoms with Gasteiger partial charge in [-0.2, -0.15) is 0 Å². The van der Waals surface area contributed by atoms with Crippen LogP contribution in [0.1, 0.15) is 37.7 Å². The maximum Gasteiger partial charge on any atom is 0.287 e. The molecule has 34 heavy (non-hydrogen) atoms. The summed E-state index contributed by atoms with van der Waals surface area (Å²) in [7, 11) is 0. The van der Waals surface area contributed by atoms with Crippen molar-refractivity contribution in [3.63, 3.8) is 0 Å². The highest BCUT2D eigenvalue weighted by Gasteiger charge is 2.18. The third-order valence-corrected chi connectivity index (χ3v) is 6.09. The van der Waals surface area contributed by atoms with Crippen molar-refractivity contribution in [1.29, 1.82) is 0 Å². The van der Waals surface area contributed by atoms with E-state index >= 15 is 0 Å². The average Bonchev–Trinajstić information content (AvgIpc) is 3.47. The summed E-state index contributed by atoms with van der Waals surface area (Å²) in [5.41, 5.74) is 4.59. The molecule has 0 atom stereocenters. The summed E-state index contributed by atoms with van der Waals surface area (Å²) in [6.45, 7) is 12.5. The van der Waals surface area contributed by atoms with Crippen LogP contribution in [-0.2, 0) is 16.7 Å². The standard InChI is InChI=1S/C26H30N6O2/c1-18-27-23(25-29-28-24(34-25)20-8-10-21(11-9-20)26(2,3)4)30-32(18)17-19-6-5-7-22(16-19)31-12-14-33-15-13-31/h5-11,16H,12-15,17H2,1-4H3. The molecule has 0 bridgehead atoms. The Labute approximate surface area is 199 Å². The Morgan fingerprint density at radius 1 is 0.941 bits per heavy atom. The van der Waals surface area contributed by atoms with Crippen LogP contribution >= 0.6 is 0 Å². The number of benzene rings is 2. The van der Waals surface area contributed by atoms with E-state index in [9.17, 15) is 0 Å². The van der Waals surface area contributed by atoms with Gasteiger partial charge in [0, 0.05) is 24.3 Å². The van der Waals surface area contributed by atoms with Crippen LogP contribution in [0.25, 0.3) is 23.2 Å². The van der Waals surface area contributed by atoms with Crippen LogP contribution in [0, 0.1) is 6.92 Å². The summed E-state index contributed by atoms with van der Waals surface area (Å²) < 4.78 is 13.3.